The maximum absolute atomic E-state index is 12.3. The van der Waals surface area contributed by atoms with Crippen molar-refractivity contribution in [3.63, 3.8) is 0 Å². The zero-order valence-corrected chi connectivity index (χ0v) is 13.0. The second-order valence-corrected chi connectivity index (χ2v) is 5.43. The highest BCUT2D eigenvalue weighted by Gasteiger charge is 2.19. The Labute approximate surface area is 129 Å². The molecule has 22 heavy (non-hydrogen) atoms. The Morgan fingerprint density at radius 3 is 2.77 bits per heavy atom. The summed E-state index contributed by atoms with van der Waals surface area (Å²) in [4.78, 5) is 20.0. The number of H-pyrrole nitrogens is 1. The lowest BCUT2D eigenvalue weighted by atomic mass is 10.0. The summed E-state index contributed by atoms with van der Waals surface area (Å²) in [7, 11) is 0. The van der Waals surface area contributed by atoms with Gasteiger partial charge in [0.1, 0.15) is 0 Å². The van der Waals surface area contributed by atoms with Crippen LogP contribution in [0.15, 0.2) is 30.5 Å². The zero-order chi connectivity index (χ0) is 15.5. The second kappa shape index (κ2) is 6.18. The molecule has 2 heterocycles. The summed E-state index contributed by atoms with van der Waals surface area (Å²) in [6, 6.07) is 8.14. The van der Waals surface area contributed by atoms with Gasteiger partial charge in [0.25, 0.3) is 0 Å². The van der Waals surface area contributed by atoms with Crippen LogP contribution >= 0.6 is 0 Å². The molecule has 1 N–H and O–H groups in total. The molecule has 0 aliphatic rings. The van der Waals surface area contributed by atoms with E-state index >= 15 is 0 Å². The third kappa shape index (κ3) is 2.45. The molecule has 0 aliphatic carbocycles. The van der Waals surface area contributed by atoms with Crippen LogP contribution in [-0.4, -0.2) is 22.5 Å². The molecule has 4 nitrogen and oxygen atoms in total. The fourth-order valence-electron chi connectivity index (χ4n) is 2.84. The Balaban J connectivity index is 2.22. The van der Waals surface area contributed by atoms with Crippen molar-refractivity contribution in [2.45, 2.75) is 33.1 Å². The van der Waals surface area contributed by atoms with Crippen molar-refractivity contribution < 1.29 is 9.53 Å². The first kappa shape index (κ1) is 14.6. The Kier molecular flexibility index (Phi) is 4.09. The van der Waals surface area contributed by atoms with Gasteiger partial charge >= 0.3 is 5.97 Å². The lowest BCUT2D eigenvalue weighted by Crippen LogP contribution is -2.11. The smallest absolute Gasteiger partial charge is 0.357 e. The lowest BCUT2D eigenvalue weighted by Gasteiger charge is -2.09. The SMILES string of the molecule is CCCOC(=O)c1ncc2[nH]c3ccccc3c2c1CCC. The number of carbonyl (C=O) groups excluding carboxylic acids is 1. The van der Waals surface area contributed by atoms with E-state index in [1.54, 1.807) is 6.20 Å². The highest BCUT2D eigenvalue weighted by Crippen LogP contribution is 2.30. The number of nitrogens with zero attached hydrogens (tertiary/aromatic N) is 1. The van der Waals surface area contributed by atoms with Crippen LogP contribution in [0.1, 0.15) is 42.7 Å². The molecule has 3 rings (SSSR count). The Morgan fingerprint density at radius 1 is 1.18 bits per heavy atom. The van der Waals surface area contributed by atoms with E-state index in [0.29, 0.717) is 12.3 Å². The Bertz CT molecular complexity index is 820. The summed E-state index contributed by atoms with van der Waals surface area (Å²) in [5, 5.41) is 2.23. The van der Waals surface area contributed by atoms with Gasteiger partial charge in [-0.2, -0.15) is 0 Å². The van der Waals surface area contributed by atoms with Crippen LogP contribution in [0.2, 0.25) is 0 Å². The predicted molar refractivity (Wildman–Crippen MR) is 88.2 cm³/mol. The van der Waals surface area contributed by atoms with Crippen LogP contribution in [0, 0.1) is 0 Å². The lowest BCUT2D eigenvalue weighted by molar-refractivity contribution is 0.0497. The summed E-state index contributed by atoms with van der Waals surface area (Å²) in [6.07, 6.45) is 4.30. The number of aromatic nitrogens is 2. The number of ether oxygens (including phenoxy) is 1. The number of pyridine rings is 1. The molecule has 0 bridgehead atoms. The molecule has 1 aromatic carbocycles. The van der Waals surface area contributed by atoms with Gasteiger partial charge in [-0.3, -0.25) is 0 Å². The van der Waals surface area contributed by atoms with Gasteiger partial charge in [-0.1, -0.05) is 38.5 Å². The summed E-state index contributed by atoms with van der Waals surface area (Å²) in [5.74, 6) is -0.322. The van der Waals surface area contributed by atoms with Crippen LogP contribution in [-0.2, 0) is 11.2 Å². The van der Waals surface area contributed by atoms with Gasteiger partial charge in [0.05, 0.1) is 18.3 Å². The molecule has 0 saturated carbocycles. The molecule has 0 atom stereocenters. The molecule has 0 fully saturated rings. The number of hydrogen-bond acceptors (Lipinski definition) is 3. The third-order valence-electron chi connectivity index (χ3n) is 3.78. The number of aromatic amines is 1. The fourth-order valence-corrected chi connectivity index (χ4v) is 2.84. The van der Waals surface area contributed by atoms with E-state index in [1.165, 1.54) is 0 Å². The summed E-state index contributed by atoms with van der Waals surface area (Å²) in [5.41, 5.74) is 3.47. The number of benzene rings is 1. The summed E-state index contributed by atoms with van der Waals surface area (Å²) >= 11 is 0. The number of esters is 1. The topological polar surface area (TPSA) is 55.0 Å². The minimum atomic E-state index is -0.322. The van der Waals surface area contributed by atoms with Gasteiger partial charge in [0, 0.05) is 16.3 Å². The van der Waals surface area contributed by atoms with E-state index < -0.39 is 0 Å². The van der Waals surface area contributed by atoms with Crippen molar-refractivity contribution in [1.29, 1.82) is 0 Å². The van der Waals surface area contributed by atoms with Crippen molar-refractivity contribution in [2.75, 3.05) is 6.61 Å². The highest BCUT2D eigenvalue weighted by atomic mass is 16.5. The van der Waals surface area contributed by atoms with Gasteiger partial charge in [0.2, 0.25) is 0 Å². The first-order valence-electron chi connectivity index (χ1n) is 7.81. The molecule has 0 radical (unpaired) electrons. The summed E-state index contributed by atoms with van der Waals surface area (Å²) in [6.45, 7) is 4.52. The van der Waals surface area contributed by atoms with Gasteiger partial charge in [0.15, 0.2) is 5.69 Å². The summed E-state index contributed by atoms with van der Waals surface area (Å²) < 4.78 is 5.29. The van der Waals surface area contributed by atoms with Gasteiger partial charge in [-0.05, 0) is 24.5 Å². The van der Waals surface area contributed by atoms with Crippen molar-refractivity contribution in [3.8, 4) is 0 Å². The predicted octanol–water partition coefficient (Wildman–Crippen LogP) is 4.24. The molecule has 0 spiro atoms. The molecule has 0 aliphatic heterocycles. The number of aryl methyl sites for hydroxylation is 1. The standard InChI is InChI=1S/C18H20N2O2/c1-3-7-13-16-12-8-5-6-9-14(12)20-15(16)11-19-17(13)18(21)22-10-4-2/h5-6,8-9,11,20H,3-4,7,10H2,1-2H3. The zero-order valence-electron chi connectivity index (χ0n) is 13.0. The number of para-hydroxylation sites is 1. The fraction of sp³-hybridized carbons (Fsp3) is 0.333. The number of hydrogen-bond donors (Lipinski definition) is 1. The van der Waals surface area contributed by atoms with Crippen molar-refractivity contribution in [1.82, 2.24) is 9.97 Å². The molecule has 2 aromatic heterocycles. The molecular weight excluding hydrogens is 276 g/mol. The largest absolute Gasteiger partial charge is 0.461 e. The average Bonchev–Trinajstić information content (AvgIpc) is 2.92. The molecule has 0 unspecified atom stereocenters. The van der Waals surface area contributed by atoms with E-state index in [0.717, 1.165) is 46.6 Å². The van der Waals surface area contributed by atoms with Crippen LogP contribution in [0.3, 0.4) is 0 Å². The number of rotatable bonds is 5. The number of fused-ring (bicyclic) bond motifs is 3. The van der Waals surface area contributed by atoms with Crippen LogP contribution in [0.4, 0.5) is 0 Å². The maximum atomic E-state index is 12.3. The average molecular weight is 296 g/mol. The van der Waals surface area contributed by atoms with Crippen LogP contribution in [0.5, 0.6) is 0 Å². The Morgan fingerprint density at radius 2 is 2.00 bits per heavy atom. The monoisotopic (exact) mass is 296 g/mol. The van der Waals surface area contributed by atoms with Gasteiger partial charge < -0.3 is 9.72 Å². The quantitative estimate of drug-likeness (QED) is 0.717. The molecule has 0 saturated heterocycles. The Hall–Kier alpha value is -2.36. The highest BCUT2D eigenvalue weighted by molar-refractivity contribution is 6.11. The van der Waals surface area contributed by atoms with E-state index in [4.69, 9.17) is 4.74 Å². The normalized spacial score (nSPS) is 11.2. The molecule has 0 amide bonds. The van der Waals surface area contributed by atoms with E-state index in [9.17, 15) is 4.79 Å². The number of nitrogens with one attached hydrogen (secondary N) is 1. The first-order chi connectivity index (χ1) is 10.8. The van der Waals surface area contributed by atoms with Gasteiger partial charge in [-0.15, -0.1) is 0 Å². The molecule has 4 heteroatoms. The maximum Gasteiger partial charge on any atom is 0.357 e. The third-order valence-corrected chi connectivity index (χ3v) is 3.78. The van der Waals surface area contributed by atoms with Crippen molar-refractivity contribution in [2.24, 2.45) is 0 Å². The van der Waals surface area contributed by atoms with E-state index in [2.05, 4.69) is 23.0 Å². The minimum Gasteiger partial charge on any atom is -0.461 e. The molecule has 114 valence electrons. The van der Waals surface area contributed by atoms with Crippen LogP contribution in [0.25, 0.3) is 21.8 Å². The minimum absolute atomic E-state index is 0.322. The first-order valence-corrected chi connectivity index (χ1v) is 7.81. The second-order valence-electron chi connectivity index (χ2n) is 5.43. The van der Waals surface area contributed by atoms with Crippen LogP contribution < -0.4 is 0 Å². The van der Waals surface area contributed by atoms with E-state index in [-0.39, 0.29) is 5.97 Å². The van der Waals surface area contributed by atoms with Crippen molar-refractivity contribution in [3.05, 3.63) is 41.7 Å². The molecular formula is C18H20N2O2. The van der Waals surface area contributed by atoms with Gasteiger partial charge in [-0.25, -0.2) is 9.78 Å². The number of carbonyl (C=O) groups is 1. The van der Waals surface area contributed by atoms with Crippen molar-refractivity contribution >= 4 is 27.8 Å². The van der Waals surface area contributed by atoms with E-state index in [1.807, 2.05) is 25.1 Å². The molecule has 3 aromatic rings.